The van der Waals surface area contributed by atoms with Crippen LogP contribution < -0.4 is 10.6 Å². The lowest BCUT2D eigenvalue weighted by Crippen LogP contribution is -2.15. The van der Waals surface area contributed by atoms with Gasteiger partial charge in [-0.3, -0.25) is 9.59 Å². The van der Waals surface area contributed by atoms with Crippen LogP contribution in [0.1, 0.15) is 13.8 Å². The standard InChI is InChI=1S/C24H23N5O2S/c1-3-29-23(18-10-6-11-19(14-18)25-16(2)30)27-28-24(29)32-15-22(31)26-21-13-7-9-17-8-4-5-12-20(17)21/h4-14H,3,15H2,1-2H3,(H,25,30)(H,26,31). The third-order valence-electron chi connectivity index (χ3n) is 4.87. The molecule has 1 heterocycles. The molecular weight excluding hydrogens is 422 g/mol. The second kappa shape index (κ2) is 9.65. The molecule has 0 aliphatic carbocycles. The van der Waals surface area contributed by atoms with Crippen LogP contribution >= 0.6 is 11.8 Å². The van der Waals surface area contributed by atoms with E-state index in [-0.39, 0.29) is 17.6 Å². The summed E-state index contributed by atoms with van der Waals surface area (Å²) in [5, 5.41) is 17.2. The minimum absolute atomic E-state index is 0.105. The number of benzene rings is 3. The first-order valence-corrected chi connectivity index (χ1v) is 11.3. The fourth-order valence-corrected chi connectivity index (χ4v) is 4.29. The molecule has 0 aliphatic rings. The molecule has 162 valence electrons. The Morgan fingerprint density at radius 1 is 0.969 bits per heavy atom. The summed E-state index contributed by atoms with van der Waals surface area (Å²) >= 11 is 1.34. The molecule has 0 saturated heterocycles. The van der Waals surface area contributed by atoms with Gasteiger partial charge in [-0.1, -0.05) is 60.3 Å². The average Bonchev–Trinajstić information content (AvgIpc) is 3.21. The molecule has 32 heavy (non-hydrogen) atoms. The Labute approximate surface area is 190 Å². The number of amides is 2. The SMILES string of the molecule is CCn1c(SCC(=O)Nc2cccc3ccccc23)nnc1-c1cccc(NC(C)=O)c1. The number of carbonyl (C=O) groups is 2. The fourth-order valence-electron chi connectivity index (χ4n) is 3.48. The van der Waals surface area contributed by atoms with Crippen LogP contribution in [0.4, 0.5) is 11.4 Å². The summed E-state index contributed by atoms with van der Waals surface area (Å²) in [6.45, 7) is 4.13. The van der Waals surface area contributed by atoms with Crippen LogP contribution in [-0.2, 0) is 16.1 Å². The summed E-state index contributed by atoms with van der Waals surface area (Å²) in [5.41, 5.74) is 2.34. The highest BCUT2D eigenvalue weighted by molar-refractivity contribution is 7.99. The van der Waals surface area contributed by atoms with Crippen LogP contribution in [0.2, 0.25) is 0 Å². The molecular formula is C24H23N5O2S. The number of nitrogens with one attached hydrogen (secondary N) is 2. The lowest BCUT2D eigenvalue weighted by atomic mass is 10.1. The Hall–Kier alpha value is -3.65. The van der Waals surface area contributed by atoms with Crippen molar-refractivity contribution in [2.75, 3.05) is 16.4 Å². The fraction of sp³-hybridized carbons (Fsp3) is 0.167. The highest BCUT2D eigenvalue weighted by atomic mass is 32.2. The van der Waals surface area contributed by atoms with Gasteiger partial charge in [0.2, 0.25) is 11.8 Å². The highest BCUT2D eigenvalue weighted by Crippen LogP contribution is 2.27. The first-order chi connectivity index (χ1) is 15.5. The van der Waals surface area contributed by atoms with Gasteiger partial charge in [-0.25, -0.2) is 0 Å². The Kier molecular flexibility index (Phi) is 6.51. The first kappa shape index (κ1) is 21.6. The number of anilines is 2. The van der Waals surface area contributed by atoms with Gasteiger partial charge >= 0.3 is 0 Å². The molecule has 2 amide bonds. The van der Waals surface area contributed by atoms with Gasteiger partial charge in [0.1, 0.15) is 0 Å². The van der Waals surface area contributed by atoms with Crippen molar-refractivity contribution in [1.82, 2.24) is 14.8 Å². The van der Waals surface area contributed by atoms with Crippen LogP contribution in [-0.4, -0.2) is 32.3 Å². The lowest BCUT2D eigenvalue weighted by Gasteiger charge is -2.10. The molecule has 2 N–H and O–H groups in total. The molecule has 0 unspecified atom stereocenters. The molecule has 0 atom stereocenters. The van der Waals surface area contributed by atoms with Gasteiger partial charge in [0.05, 0.1) is 5.75 Å². The van der Waals surface area contributed by atoms with Crippen LogP contribution in [0.5, 0.6) is 0 Å². The summed E-state index contributed by atoms with van der Waals surface area (Å²) in [6, 6.07) is 21.3. The number of hydrogen-bond acceptors (Lipinski definition) is 5. The monoisotopic (exact) mass is 445 g/mol. The number of hydrogen-bond donors (Lipinski definition) is 2. The third kappa shape index (κ3) is 4.81. The Morgan fingerprint density at radius 3 is 2.56 bits per heavy atom. The van der Waals surface area contributed by atoms with Crippen molar-refractivity contribution in [2.24, 2.45) is 0 Å². The van der Waals surface area contributed by atoms with E-state index < -0.39 is 0 Å². The van der Waals surface area contributed by atoms with E-state index >= 15 is 0 Å². The Balaban J connectivity index is 1.48. The van der Waals surface area contributed by atoms with E-state index in [4.69, 9.17) is 0 Å². The summed E-state index contributed by atoms with van der Waals surface area (Å²) in [4.78, 5) is 24.0. The van der Waals surface area contributed by atoms with Crippen molar-refractivity contribution >= 4 is 45.7 Å². The molecule has 4 aromatic rings. The number of nitrogens with zero attached hydrogens (tertiary/aromatic N) is 3. The largest absolute Gasteiger partial charge is 0.326 e. The Morgan fingerprint density at radius 2 is 1.75 bits per heavy atom. The average molecular weight is 446 g/mol. The zero-order chi connectivity index (χ0) is 22.5. The quantitative estimate of drug-likeness (QED) is 0.399. The van der Waals surface area contributed by atoms with E-state index in [1.54, 1.807) is 0 Å². The number of fused-ring (bicyclic) bond motifs is 1. The van der Waals surface area contributed by atoms with E-state index in [0.717, 1.165) is 22.0 Å². The topological polar surface area (TPSA) is 88.9 Å². The predicted molar refractivity (Wildman–Crippen MR) is 129 cm³/mol. The second-order valence-electron chi connectivity index (χ2n) is 7.18. The second-order valence-corrected chi connectivity index (χ2v) is 8.12. The van der Waals surface area contributed by atoms with Gasteiger partial charge in [-0.2, -0.15) is 0 Å². The van der Waals surface area contributed by atoms with Crippen molar-refractivity contribution in [3.63, 3.8) is 0 Å². The van der Waals surface area contributed by atoms with Gasteiger partial charge in [0, 0.05) is 35.8 Å². The number of rotatable bonds is 7. The number of carbonyl (C=O) groups excluding carboxylic acids is 2. The smallest absolute Gasteiger partial charge is 0.234 e. The van der Waals surface area contributed by atoms with Crippen LogP contribution in [0.25, 0.3) is 22.2 Å². The molecule has 3 aromatic carbocycles. The molecule has 0 fully saturated rings. The van der Waals surface area contributed by atoms with E-state index in [0.29, 0.717) is 23.2 Å². The van der Waals surface area contributed by atoms with Crippen LogP contribution in [0.3, 0.4) is 0 Å². The van der Waals surface area contributed by atoms with E-state index in [9.17, 15) is 9.59 Å². The van der Waals surface area contributed by atoms with E-state index in [2.05, 4.69) is 20.8 Å². The van der Waals surface area contributed by atoms with E-state index in [1.165, 1.54) is 18.7 Å². The van der Waals surface area contributed by atoms with Crippen molar-refractivity contribution < 1.29 is 9.59 Å². The van der Waals surface area contributed by atoms with Crippen molar-refractivity contribution in [1.29, 1.82) is 0 Å². The third-order valence-corrected chi connectivity index (χ3v) is 5.84. The number of aromatic nitrogens is 3. The molecule has 1 aromatic heterocycles. The highest BCUT2D eigenvalue weighted by Gasteiger charge is 2.15. The first-order valence-electron chi connectivity index (χ1n) is 10.3. The molecule has 0 radical (unpaired) electrons. The summed E-state index contributed by atoms with van der Waals surface area (Å²) in [5.74, 6) is 0.670. The van der Waals surface area contributed by atoms with Gasteiger partial charge in [0.15, 0.2) is 11.0 Å². The van der Waals surface area contributed by atoms with Crippen LogP contribution in [0.15, 0.2) is 71.9 Å². The molecule has 4 rings (SSSR count). The minimum Gasteiger partial charge on any atom is -0.326 e. The van der Waals surface area contributed by atoms with Gasteiger partial charge in [0.25, 0.3) is 0 Å². The number of thioether (sulfide) groups is 1. The van der Waals surface area contributed by atoms with Gasteiger partial charge in [-0.05, 0) is 30.5 Å². The summed E-state index contributed by atoms with van der Waals surface area (Å²) in [7, 11) is 0. The molecule has 0 bridgehead atoms. The molecule has 0 aliphatic heterocycles. The van der Waals surface area contributed by atoms with Crippen molar-refractivity contribution in [3.8, 4) is 11.4 Å². The lowest BCUT2D eigenvalue weighted by molar-refractivity contribution is -0.114. The maximum atomic E-state index is 12.6. The minimum atomic E-state index is -0.132. The summed E-state index contributed by atoms with van der Waals surface area (Å²) in [6.07, 6.45) is 0. The normalized spacial score (nSPS) is 10.8. The van der Waals surface area contributed by atoms with Crippen molar-refractivity contribution in [2.45, 2.75) is 25.5 Å². The molecule has 7 nitrogen and oxygen atoms in total. The summed E-state index contributed by atoms with van der Waals surface area (Å²) < 4.78 is 1.96. The molecule has 0 saturated carbocycles. The van der Waals surface area contributed by atoms with Crippen molar-refractivity contribution in [3.05, 3.63) is 66.7 Å². The predicted octanol–water partition coefficient (Wildman–Crippen LogP) is 4.81. The van der Waals surface area contributed by atoms with Crippen LogP contribution in [0, 0.1) is 0 Å². The van der Waals surface area contributed by atoms with Gasteiger partial charge < -0.3 is 15.2 Å². The zero-order valence-electron chi connectivity index (χ0n) is 17.8. The Bertz CT molecular complexity index is 1280. The van der Waals surface area contributed by atoms with E-state index in [1.807, 2.05) is 78.2 Å². The maximum absolute atomic E-state index is 12.6. The molecule has 8 heteroatoms. The maximum Gasteiger partial charge on any atom is 0.234 e. The van der Waals surface area contributed by atoms with Gasteiger partial charge in [-0.15, -0.1) is 10.2 Å². The zero-order valence-corrected chi connectivity index (χ0v) is 18.6. The molecule has 0 spiro atoms.